The summed E-state index contributed by atoms with van der Waals surface area (Å²) in [6.07, 6.45) is 0.964. The topological polar surface area (TPSA) is 49.2 Å². The van der Waals surface area contributed by atoms with E-state index in [-0.39, 0.29) is 0 Å². The van der Waals surface area contributed by atoms with E-state index in [0.29, 0.717) is 0 Å². The average molecular weight is 355 g/mol. The first kappa shape index (κ1) is 17.4. The Bertz CT molecular complexity index is 831. The number of rotatable bonds is 7. The van der Waals surface area contributed by atoms with E-state index >= 15 is 0 Å². The van der Waals surface area contributed by atoms with Crippen LogP contribution in [0.1, 0.15) is 5.56 Å². The molecule has 5 nitrogen and oxygen atoms in total. The zero-order valence-corrected chi connectivity index (χ0v) is 15.4. The highest BCUT2D eigenvalue weighted by atomic mass is 32.2. The zero-order chi connectivity index (χ0) is 17.6. The van der Waals surface area contributed by atoms with Gasteiger partial charge in [-0.2, -0.15) is 0 Å². The van der Waals surface area contributed by atoms with Crippen LogP contribution < -0.4 is 9.47 Å². The molecule has 0 fully saturated rings. The maximum absolute atomic E-state index is 5.42. The van der Waals surface area contributed by atoms with Crippen molar-refractivity contribution in [3.8, 4) is 22.9 Å². The summed E-state index contributed by atoms with van der Waals surface area (Å²) in [6, 6.07) is 16.0. The normalized spacial score (nSPS) is 10.7. The molecule has 1 aromatic heterocycles. The highest BCUT2D eigenvalue weighted by molar-refractivity contribution is 7.99. The van der Waals surface area contributed by atoms with E-state index in [1.165, 1.54) is 5.56 Å². The predicted molar refractivity (Wildman–Crippen MR) is 100 cm³/mol. The first-order chi connectivity index (χ1) is 12.2. The molecule has 0 aliphatic rings. The number of hydrogen-bond donors (Lipinski definition) is 0. The Morgan fingerprint density at radius 3 is 2.44 bits per heavy atom. The van der Waals surface area contributed by atoms with E-state index in [9.17, 15) is 0 Å². The molecule has 0 spiro atoms. The van der Waals surface area contributed by atoms with Crippen LogP contribution in [0, 0.1) is 0 Å². The van der Waals surface area contributed by atoms with Crippen molar-refractivity contribution in [3.05, 3.63) is 54.1 Å². The molecular weight excluding hydrogens is 334 g/mol. The van der Waals surface area contributed by atoms with Crippen LogP contribution in [0.15, 0.2) is 53.7 Å². The molecule has 0 unspecified atom stereocenters. The summed E-state index contributed by atoms with van der Waals surface area (Å²) in [7, 11) is 5.33. The highest BCUT2D eigenvalue weighted by Gasteiger charge is 2.14. The van der Waals surface area contributed by atoms with E-state index in [1.54, 1.807) is 26.0 Å². The van der Waals surface area contributed by atoms with Crippen LogP contribution >= 0.6 is 11.8 Å². The lowest BCUT2D eigenvalue weighted by atomic mass is 10.2. The standard InChI is InChI=1S/C19H21N3O2S/c1-22-18(16-6-4-5-7-17(16)24-3)20-21-19(22)25-13-12-14-8-10-15(23-2)11-9-14/h4-11H,12-13H2,1-3H3. The van der Waals surface area contributed by atoms with Crippen LogP contribution in [0.4, 0.5) is 0 Å². The van der Waals surface area contributed by atoms with Gasteiger partial charge in [0, 0.05) is 12.8 Å². The molecule has 0 saturated carbocycles. The fraction of sp³-hybridized carbons (Fsp3) is 0.263. The molecule has 0 radical (unpaired) electrons. The third-order valence-corrected chi connectivity index (χ3v) is 4.99. The first-order valence-corrected chi connectivity index (χ1v) is 9.00. The van der Waals surface area contributed by atoms with Gasteiger partial charge in [0.2, 0.25) is 0 Å². The van der Waals surface area contributed by atoms with Crippen molar-refractivity contribution in [1.29, 1.82) is 0 Å². The summed E-state index contributed by atoms with van der Waals surface area (Å²) in [5, 5.41) is 9.56. The van der Waals surface area contributed by atoms with Gasteiger partial charge in [-0.05, 0) is 36.2 Å². The average Bonchev–Trinajstić information content (AvgIpc) is 3.03. The minimum atomic E-state index is 0.799. The molecule has 6 heteroatoms. The van der Waals surface area contributed by atoms with E-state index < -0.39 is 0 Å². The minimum Gasteiger partial charge on any atom is -0.497 e. The van der Waals surface area contributed by atoms with Crippen molar-refractivity contribution in [1.82, 2.24) is 14.8 Å². The number of aryl methyl sites for hydroxylation is 1. The highest BCUT2D eigenvalue weighted by Crippen LogP contribution is 2.30. The quantitative estimate of drug-likeness (QED) is 0.603. The molecule has 0 amide bonds. The third-order valence-electron chi connectivity index (χ3n) is 3.96. The molecule has 25 heavy (non-hydrogen) atoms. The van der Waals surface area contributed by atoms with E-state index in [2.05, 4.69) is 22.3 Å². The molecule has 3 aromatic rings. The summed E-state index contributed by atoms with van der Waals surface area (Å²) in [6.45, 7) is 0. The molecule has 0 N–H and O–H groups in total. The monoisotopic (exact) mass is 355 g/mol. The van der Waals surface area contributed by atoms with Crippen molar-refractivity contribution in [2.75, 3.05) is 20.0 Å². The van der Waals surface area contributed by atoms with Gasteiger partial charge in [-0.3, -0.25) is 0 Å². The van der Waals surface area contributed by atoms with Gasteiger partial charge in [0.1, 0.15) is 11.5 Å². The van der Waals surface area contributed by atoms with Gasteiger partial charge in [0.25, 0.3) is 0 Å². The Morgan fingerprint density at radius 1 is 0.960 bits per heavy atom. The first-order valence-electron chi connectivity index (χ1n) is 8.01. The summed E-state index contributed by atoms with van der Waals surface area (Å²) in [5.41, 5.74) is 2.22. The van der Waals surface area contributed by atoms with Crippen molar-refractivity contribution >= 4 is 11.8 Å². The largest absolute Gasteiger partial charge is 0.497 e. The fourth-order valence-corrected chi connectivity index (χ4v) is 3.46. The van der Waals surface area contributed by atoms with E-state index in [0.717, 1.165) is 40.2 Å². The Morgan fingerprint density at radius 2 is 1.72 bits per heavy atom. The number of hydrogen-bond acceptors (Lipinski definition) is 5. The van der Waals surface area contributed by atoms with Crippen molar-refractivity contribution in [3.63, 3.8) is 0 Å². The molecule has 3 rings (SSSR count). The minimum absolute atomic E-state index is 0.799. The lowest BCUT2D eigenvalue weighted by Gasteiger charge is -2.08. The van der Waals surface area contributed by atoms with Crippen molar-refractivity contribution < 1.29 is 9.47 Å². The third kappa shape index (κ3) is 3.96. The molecule has 0 atom stereocenters. The van der Waals surface area contributed by atoms with Gasteiger partial charge in [-0.1, -0.05) is 36.0 Å². The molecule has 0 aliphatic carbocycles. The Balaban J connectivity index is 1.67. The SMILES string of the molecule is COc1ccc(CCSc2nnc(-c3ccccc3OC)n2C)cc1. The van der Waals surface area contributed by atoms with Crippen LogP contribution in [0.5, 0.6) is 11.5 Å². The number of para-hydroxylation sites is 1. The van der Waals surface area contributed by atoms with Gasteiger partial charge >= 0.3 is 0 Å². The molecular formula is C19H21N3O2S. The predicted octanol–water partition coefficient (Wildman–Crippen LogP) is 3.83. The van der Waals surface area contributed by atoms with Gasteiger partial charge in [-0.15, -0.1) is 10.2 Å². The lowest BCUT2D eigenvalue weighted by Crippen LogP contribution is -1.98. The number of aromatic nitrogens is 3. The number of thioether (sulfide) groups is 1. The second kappa shape index (κ2) is 8.07. The van der Waals surface area contributed by atoms with Gasteiger partial charge in [0.05, 0.1) is 19.8 Å². The summed E-state index contributed by atoms with van der Waals surface area (Å²) >= 11 is 1.70. The number of methoxy groups -OCH3 is 2. The smallest absolute Gasteiger partial charge is 0.191 e. The van der Waals surface area contributed by atoms with Crippen molar-refractivity contribution in [2.45, 2.75) is 11.6 Å². The molecule has 0 bridgehead atoms. The zero-order valence-electron chi connectivity index (χ0n) is 14.6. The second-order valence-corrected chi connectivity index (χ2v) is 6.57. The fourth-order valence-electron chi connectivity index (χ4n) is 2.56. The van der Waals surface area contributed by atoms with Crippen LogP contribution in [-0.4, -0.2) is 34.7 Å². The molecule has 130 valence electrons. The van der Waals surface area contributed by atoms with Crippen molar-refractivity contribution in [2.24, 2.45) is 7.05 Å². The Hall–Kier alpha value is -2.47. The maximum Gasteiger partial charge on any atom is 0.191 e. The van der Waals surface area contributed by atoms with Crippen LogP contribution in [-0.2, 0) is 13.5 Å². The summed E-state index contributed by atoms with van der Waals surface area (Å²) in [4.78, 5) is 0. The molecule has 2 aromatic carbocycles. The Labute approximate surface area is 152 Å². The molecule has 0 saturated heterocycles. The van der Waals surface area contributed by atoms with Crippen LogP contribution in [0.2, 0.25) is 0 Å². The van der Waals surface area contributed by atoms with Gasteiger partial charge in [0.15, 0.2) is 11.0 Å². The summed E-state index contributed by atoms with van der Waals surface area (Å²) < 4.78 is 12.6. The number of nitrogens with zero attached hydrogens (tertiary/aromatic N) is 3. The number of benzene rings is 2. The van der Waals surface area contributed by atoms with Crippen LogP contribution in [0.25, 0.3) is 11.4 Å². The molecule has 1 heterocycles. The van der Waals surface area contributed by atoms with E-state index in [1.807, 2.05) is 48.0 Å². The Kier molecular flexibility index (Phi) is 5.60. The second-order valence-electron chi connectivity index (χ2n) is 5.51. The van der Waals surface area contributed by atoms with Gasteiger partial charge < -0.3 is 14.0 Å². The maximum atomic E-state index is 5.42. The summed E-state index contributed by atoms with van der Waals surface area (Å²) in [5.74, 6) is 3.42. The van der Waals surface area contributed by atoms with E-state index in [4.69, 9.17) is 9.47 Å². The van der Waals surface area contributed by atoms with Crippen LogP contribution in [0.3, 0.4) is 0 Å². The number of ether oxygens (including phenoxy) is 2. The lowest BCUT2D eigenvalue weighted by molar-refractivity contribution is 0.414. The molecule has 0 aliphatic heterocycles. The van der Waals surface area contributed by atoms with Gasteiger partial charge in [-0.25, -0.2) is 0 Å².